The Morgan fingerprint density at radius 3 is 1.89 bits per heavy atom. The molecule has 0 aromatic carbocycles. The third-order valence-corrected chi connectivity index (χ3v) is 2.57. The Kier molecular flexibility index (Phi) is 6.68. The number of carbonyl (C=O) groups excluding carboxylic acids is 1. The molecule has 4 nitrogen and oxygen atoms in total. The summed E-state index contributed by atoms with van der Waals surface area (Å²) in [6.45, 7) is 17.1. The average Bonchev–Trinajstić information content (AvgIpc) is 2.09. The highest BCUT2D eigenvalue weighted by Gasteiger charge is 2.20. The van der Waals surface area contributed by atoms with E-state index in [9.17, 15) is 4.79 Å². The quantitative estimate of drug-likeness (QED) is 0.824. The first-order valence-electron chi connectivity index (χ1n) is 6.78. The van der Waals surface area contributed by atoms with Crippen LogP contribution in [0.15, 0.2) is 0 Å². The molecule has 1 N–H and O–H groups in total. The largest absolute Gasteiger partial charge is 0.444 e. The van der Waals surface area contributed by atoms with Crippen molar-refractivity contribution in [1.29, 1.82) is 0 Å². The lowest BCUT2D eigenvalue weighted by Crippen LogP contribution is -2.48. The second-order valence-electron chi connectivity index (χ2n) is 6.43. The molecule has 0 aromatic rings. The van der Waals surface area contributed by atoms with Gasteiger partial charge in [0.05, 0.1) is 0 Å². The predicted molar refractivity (Wildman–Crippen MR) is 75.8 cm³/mol. The van der Waals surface area contributed by atoms with Gasteiger partial charge in [-0.15, -0.1) is 0 Å². The highest BCUT2D eigenvalue weighted by molar-refractivity contribution is 5.68. The fourth-order valence-corrected chi connectivity index (χ4v) is 1.89. The molecule has 0 aliphatic heterocycles. The second-order valence-corrected chi connectivity index (χ2v) is 6.43. The zero-order valence-electron chi connectivity index (χ0n) is 13.2. The molecule has 0 bridgehead atoms. The Balaban J connectivity index is 4.25. The summed E-state index contributed by atoms with van der Waals surface area (Å²) in [4.78, 5) is 14.0. The van der Waals surface area contributed by atoms with E-state index in [-0.39, 0.29) is 12.1 Å². The van der Waals surface area contributed by atoms with Crippen molar-refractivity contribution in [3.63, 3.8) is 0 Å². The van der Waals surface area contributed by atoms with E-state index in [1.165, 1.54) is 0 Å². The van der Waals surface area contributed by atoms with E-state index in [1.807, 2.05) is 27.7 Å². The van der Waals surface area contributed by atoms with E-state index < -0.39 is 5.60 Å². The maximum absolute atomic E-state index is 11.6. The number of nitrogens with one attached hydrogen (secondary N) is 1. The fraction of sp³-hybridized carbons (Fsp3) is 0.929. The van der Waals surface area contributed by atoms with Crippen LogP contribution >= 0.6 is 0 Å². The molecule has 0 aliphatic carbocycles. The molecule has 0 heterocycles. The van der Waals surface area contributed by atoms with Crippen LogP contribution in [0.2, 0.25) is 0 Å². The molecular formula is C14H30N2O2. The van der Waals surface area contributed by atoms with Gasteiger partial charge < -0.3 is 10.1 Å². The van der Waals surface area contributed by atoms with Crippen LogP contribution in [-0.2, 0) is 4.74 Å². The van der Waals surface area contributed by atoms with Gasteiger partial charge >= 0.3 is 6.09 Å². The van der Waals surface area contributed by atoms with Crippen molar-refractivity contribution in [2.75, 3.05) is 6.54 Å². The van der Waals surface area contributed by atoms with Crippen molar-refractivity contribution < 1.29 is 9.53 Å². The number of alkyl carbamates (subject to hydrolysis) is 1. The Morgan fingerprint density at radius 1 is 1.11 bits per heavy atom. The lowest BCUT2D eigenvalue weighted by molar-refractivity contribution is 0.0485. The number of ether oxygens (including phenoxy) is 1. The maximum Gasteiger partial charge on any atom is 0.407 e. The van der Waals surface area contributed by atoms with E-state index in [0.717, 1.165) is 6.54 Å². The minimum absolute atomic E-state index is 0.0737. The lowest BCUT2D eigenvalue weighted by Gasteiger charge is -2.33. The molecule has 0 fully saturated rings. The molecule has 0 saturated heterocycles. The van der Waals surface area contributed by atoms with E-state index in [1.54, 1.807) is 0 Å². The van der Waals surface area contributed by atoms with Crippen molar-refractivity contribution >= 4 is 6.09 Å². The molecule has 0 saturated carbocycles. The molecule has 0 radical (unpaired) electrons. The summed E-state index contributed by atoms with van der Waals surface area (Å²) in [7, 11) is 0. The summed E-state index contributed by atoms with van der Waals surface area (Å²) in [6, 6.07) is 1.01. The molecule has 0 rings (SSSR count). The van der Waals surface area contributed by atoms with Crippen LogP contribution in [0.1, 0.15) is 55.4 Å². The van der Waals surface area contributed by atoms with Gasteiger partial charge in [-0.3, -0.25) is 4.90 Å². The first-order valence-corrected chi connectivity index (χ1v) is 6.78. The number of amides is 1. The number of hydrogen-bond donors (Lipinski definition) is 1. The highest BCUT2D eigenvalue weighted by atomic mass is 16.6. The first-order chi connectivity index (χ1) is 8.03. The van der Waals surface area contributed by atoms with Gasteiger partial charge in [-0.25, -0.2) is 4.79 Å². The summed E-state index contributed by atoms with van der Waals surface area (Å²) < 4.78 is 5.24. The van der Waals surface area contributed by atoms with Crippen LogP contribution < -0.4 is 5.32 Å². The minimum Gasteiger partial charge on any atom is -0.444 e. The standard InChI is InChI=1S/C14H30N2O2/c1-10(2)16(11(3)4)9-12(5)15-13(17)18-14(6,7)8/h10-12H,9H2,1-8H3,(H,15,17)/t12-/m0/s1. The lowest BCUT2D eigenvalue weighted by atomic mass is 10.2. The fourth-order valence-electron chi connectivity index (χ4n) is 1.89. The van der Waals surface area contributed by atoms with Crippen LogP contribution in [0.25, 0.3) is 0 Å². The SMILES string of the molecule is CC(C)N(C[C@H](C)NC(=O)OC(C)(C)C)C(C)C. The Labute approximate surface area is 112 Å². The van der Waals surface area contributed by atoms with Crippen molar-refractivity contribution in [1.82, 2.24) is 10.2 Å². The van der Waals surface area contributed by atoms with E-state index in [4.69, 9.17) is 4.74 Å². The van der Waals surface area contributed by atoms with Crippen molar-refractivity contribution in [3.8, 4) is 0 Å². The van der Waals surface area contributed by atoms with Crippen molar-refractivity contribution in [2.24, 2.45) is 0 Å². The maximum atomic E-state index is 11.6. The van der Waals surface area contributed by atoms with Gasteiger partial charge in [-0.2, -0.15) is 0 Å². The van der Waals surface area contributed by atoms with Gasteiger partial charge in [-0.1, -0.05) is 0 Å². The molecule has 1 amide bonds. The van der Waals surface area contributed by atoms with Crippen LogP contribution in [-0.4, -0.2) is 41.3 Å². The highest BCUT2D eigenvalue weighted by Crippen LogP contribution is 2.08. The van der Waals surface area contributed by atoms with E-state index in [0.29, 0.717) is 12.1 Å². The minimum atomic E-state index is -0.445. The monoisotopic (exact) mass is 258 g/mol. The van der Waals surface area contributed by atoms with Crippen LogP contribution in [0.4, 0.5) is 4.79 Å². The van der Waals surface area contributed by atoms with Gasteiger partial charge in [0.15, 0.2) is 0 Å². The number of carbonyl (C=O) groups is 1. The molecule has 0 aromatic heterocycles. The van der Waals surface area contributed by atoms with Gasteiger partial charge in [0, 0.05) is 24.7 Å². The third kappa shape index (κ3) is 7.54. The van der Waals surface area contributed by atoms with Gasteiger partial charge in [0.2, 0.25) is 0 Å². The normalized spacial score (nSPS) is 14.2. The molecule has 4 heteroatoms. The summed E-state index contributed by atoms with van der Waals surface area (Å²) in [5.74, 6) is 0. The van der Waals surface area contributed by atoms with E-state index >= 15 is 0 Å². The number of rotatable bonds is 5. The molecular weight excluding hydrogens is 228 g/mol. The zero-order valence-corrected chi connectivity index (χ0v) is 13.2. The summed E-state index contributed by atoms with van der Waals surface area (Å²) in [6.07, 6.45) is -0.345. The zero-order chi connectivity index (χ0) is 14.5. The smallest absolute Gasteiger partial charge is 0.407 e. The van der Waals surface area contributed by atoms with E-state index in [2.05, 4.69) is 37.9 Å². The third-order valence-electron chi connectivity index (χ3n) is 2.57. The molecule has 108 valence electrons. The molecule has 0 spiro atoms. The van der Waals surface area contributed by atoms with Gasteiger partial charge in [0.1, 0.15) is 5.60 Å². The average molecular weight is 258 g/mol. The Morgan fingerprint density at radius 2 is 1.56 bits per heavy atom. The predicted octanol–water partition coefficient (Wildman–Crippen LogP) is 3.02. The first kappa shape index (κ1) is 17.2. The Bertz CT molecular complexity index is 249. The second kappa shape index (κ2) is 6.98. The summed E-state index contributed by atoms with van der Waals surface area (Å²) in [5.41, 5.74) is -0.445. The number of hydrogen-bond acceptors (Lipinski definition) is 3. The summed E-state index contributed by atoms with van der Waals surface area (Å²) >= 11 is 0. The topological polar surface area (TPSA) is 41.6 Å². The van der Waals surface area contributed by atoms with Gasteiger partial charge in [-0.05, 0) is 55.4 Å². The van der Waals surface area contributed by atoms with Crippen molar-refractivity contribution in [3.05, 3.63) is 0 Å². The molecule has 0 unspecified atom stereocenters. The van der Waals surface area contributed by atoms with Crippen molar-refractivity contribution in [2.45, 2.75) is 79.1 Å². The van der Waals surface area contributed by atoms with Gasteiger partial charge in [0.25, 0.3) is 0 Å². The molecule has 18 heavy (non-hydrogen) atoms. The van der Waals surface area contributed by atoms with Crippen LogP contribution in [0.3, 0.4) is 0 Å². The summed E-state index contributed by atoms with van der Waals surface area (Å²) in [5, 5.41) is 2.87. The number of nitrogens with zero attached hydrogens (tertiary/aromatic N) is 1. The Hall–Kier alpha value is -0.770. The van der Waals surface area contributed by atoms with Crippen LogP contribution in [0, 0.1) is 0 Å². The van der Waals surface area contributed by atoms with Crippen LogP contribution in [0.5, 0.6) is 0 Å². The molecule has 0 aliphatic rings. The molecule has 1 atom stereocenters.